The lowest BCUT2D eigenvalue weighted by molar-refractivity contribution is -0.121. The molecule has 0 saturated carbocycles. The van der Waals surface area contributed by atoms with Crippen LogP contribution >= 0.6 is 0 Å². The van der Waals surface area contributed by atoms with Crippen LogP contribution in [-0.2, 0) is 17.8 Å². The molecular weight excluding hydrogens is 371 g/mol. The van der Waals surface area contributed by atoms with Crippen LogP contribution in [0.2, 0.25) is 0 Å². The van der Waals surface area contributed by atoms with E-state index >= 15 is 0 Å². The topological polar surface area (TPSA) is 68.9 Å². The standard InChI is InChI=1S/C22H27FN4O2/c1-5-12-24-19(28)11-10-18-14(3)20-15(4)25-27(17-9-7-8-16(23)13-17)21(20)26(6-2)22(18)29/h7-9,13H,5-6,10-12H2,1-4H3,(H,24,28). The molecular formula is C22H27FN4O2. The number of halogens is 1. The van der Waals surface area contributed by atoms with E-state index < -0.39 is 0 Å². The average Bonchev–Trinajstić information content (AvgIpc) is 3.04. The fourth-order valence-corrected chi connectivity index (χ4v) is 3.74. The first-order valence-corrected chi connectivity index (χ1v) is 10.0. The molecule has 0 radical (unpaired) electrons. The number of hydrogen-bond acceptors (Lipinski definition) is 3. The van der Waals surface area contributed by atoms with Gasteiger partial charge in [0.25, 0.3) is 5.56 Å². The molecule has 3 rings (SSSR count). The van der Waals surface area contributed by atoms with Gasteiger partial charge in [0, 0.05) is 30.5 Å². The van der Waals surface area contributed by atoms with Crippen LogP contribution in [0.1, 0.15) is 43.5 Å². The van der Waals surface area contributed by atoms with Crippen LogP contribution in [0.15, 0.2) is 29.1 Å². The second-order valence-corrected chi connectivity index (χ2v) is 7.18. The molecule has 0 aliphatic heterocycles. The van der Waals surface area contributed by atoms with Crippen molar-refractivity contribution in [1.29, 1.82) is 0 Å². The molecule has 0 aliphatic carbocycles. The molecule has 0 aliphatic rings. The van der Waals surface area contributed by atoms with Gasteiger partial charge in [0.05, 0.1) is 11.4 Å². The molecule has 1 amide bonds. The van der Waals surface area contributed by atoms with Crippen LogP contribution in [-0.4, -0.2) is 26.8 Å². The first kappa shape index (κ1) is 20.8. The molecule has 0 unspecified atom stereocenters. The van der Waals surface area contributed by atoms with Crippen LogP contribution < -0.4 is 10.9 Å². The van der Waals surface area contributed by atoms with Crippen molar-refractivity contribution >= 4 is 16.9 Å². The lowest BCUT2D eigenvalue weighted by atomic mass is 10.0. The molecule has 2 heterocycles. The molecule has 0 bridgehead atoms. The Hall–Kier alpha value is -2.96. The van der Waals surface area contributed by atoms with Gasteiger partial charge in [-0.2, -0.15) is 5.10 Å². The summed E-state index contributed by atoms with van der Waals surface area (Å²) in [5.41, 5.74) is 3.32. The Morgan fingerprint density at radius 2 is 2.00 bits per heavy atom. The van der Waals surface area contributed by atoms with Gasteiger partial charge in [-0.1, -0.05) is 13.0 Å². The van der Waals surface area contributed by atoms with Crippen molar-refractivity contribution in [3.05, 3.63) is 57.3 Å². The largest absolute Gasteiger partial charge is 0.356 e. The van der Waals surface area contributed by atoms with Crippen molar-refractivity contribution in [3.8, 4) is 5.69 Å². The van der Waals surface area contributed by atoms with Crippen LogP contribution in [0.4, 0.5) is 4.39 Å². The number of aryl methyl sites for hydroxylation is 3. The maximum atomic E-state index is 13.8. The third-order valence-electron chi connectivity index (χ3n) is 5.17. The minimum atomic E-state index is -0.361. The van der Waals surface area contributed by atoms with Crippen LogP contribution in [0.25, 0.3) is 16.7 Å². The van der Waals surface area contributed by atoms with Gasteiger partial charge in [-0.05, 0) is 57.4 Å². The van der Waals surface area contributed by atoms with Crippen molar-refractivity contribution in [1.82, 2.24) is 19.7 Å². The molecule has 0 atom stereocenters. The van der Waals surface area contributed by atoms with Gasteiger partial charge in [0.15, 0.2) is 0 Å². The molecule has 1 aromatic carbocycles. The maximum Gasteiger partial charge on any atom is 0.255 e. The van der Waals surface area contributed by atoms with Crippen molar-refractivity contribution in [2.75, 3.05) is 6.54 Å². The summed E-state index contributed by atoms with van der Waals surface area (Å²) in [4.78, 5) is 25.3. The predicted octanol–water partition coefficient (Wildman–Crippen LogP) is 3.42. The number of amides is 1. The number of aromatic nitrogens is 3. The Balaban J connectivity index is 2.15. The Bertz CT molecular complexity index is 1110. The van der Waals surface area contributed by atoms with E-state index in [0.29, 0.717) is 36.4 Å². The predicted molar refractivity (Wildman–Crippen MR) is 112 cm³/mol. The fourth-order valence-electron chi connectivity index (χ4n) is 3.74. The maximum absolute atomic E-state index is 13.8. The Kier molecular flexibility index (Phi) is 6.15. The van der Waals surface area contributed by atoms with Crippen LogP contribution in [0.5, 0.6) is 0 Å². The lowest BCUT2D eigenvalue weighted by Gasteiger charge is -2.14. The van der Waals surface area contributed by atoms with E-state index in [1.807, 2.05) is 27.7 Å². The highest BCUT2D eigenvalue weighted by Gasteiger charge is 2.21. The monoisotopic (exact) mass is 398 g/mol. The number of rotatable bonds is 7. The first-order chi connectivity index (χ1) is 13.9. The van der Waals surface area contributed by atoms with E-state index in [0.717, 1.165) is 23.1 Å². The molecule has 0 spiro atoms. The third-order valence-corrected chi connectivity index (χ3v) is 5.17. The van der Waals surface area contributed by atoms with E-state index in [1.165, 1.54) is 12.1 Å². The van der Waals surface area contributed by atoms with E-state index in [9.17, 15) is 14.0 Å². The normalized spacial score (nSPS) is 11.2. The summed E-state index contributed by atoms with van der Waals surface area (Å²) in [5, 5.41) is 8.32. The minimum absolute atomic E-state index is 0.0547. The highest BCUT2D eigenvalue weighted by atomic mass is 19.1. The van der Waals surface area contributed by atoms with Gasteiger partial charge < -0.3 is 5.32 Å². The number of benzene rings is 1. The summed E-state index contributed by atoms with van der Waals surface area (Å²) in [6, 6.07) is 6.17. The molecule has 29 heavy (non-hydrogen) atoms. The number of hydrogen-bond donors (Lipinski definition) is 1. The van der Waals surface area contributed by atoms with Gasteiger partial charge in [-0.15, -0.1) is 0 Å². The van der Waals surface area contributed by atoms with Gasteiger partial charge >= 0.3 is 0 Å². The number of nitrogens with one attached hydrogen (secondary N) is 1. The number of fused-ring (bicyclic) bond motifs is 1. The van der Waals surface area contributed by atoms with E-state index in [1.54, 1.807) is 21.4 Å². The summed E-state index contributed by atoms with van der Waals surface area (Å²) >= 11 is 0. The Morgan fingerprint density at radius 3 is 2.66 bits per heavy atom. The van der Waals surface area contributed by atoms with Gasteiger partial charge in [-0.3, -0.25) is 14.2 Å². The second-order valence-electron chi connectivity index (χ2n) is 7.18. The molecule has 7 heteroatoms. The Morgan fingerprint density at radius 1 is 1.24 bits per heavy atom. The molecule has 154 valence electrons. The smallest absolute Gasteiger partial charge is 0.255 e. The van der Waals surface area contributed by atoms with E-state index in [-0.39, 0.29) is 23.7 Å². The molecule has 3 aromatic rings. The zero-order chi connectivity index (χ0) is 21.1. The number of carbonyl (C=O) groups is 1. The van der Waals surface area contributed by atoms with Gasteiger partial charge in [-0.25, -0.2) is 9.07 Å². The third kappa shape index (κ3) is 3.95. The molecule has 0 saturated heterocycles. The van der Waals surface area contributed by atoms with E-state index in [4.69, 9.17) is 0 Å². The fraction of sp³-hybridized carbons (Fsp3) is 0.409. The summed E-state index contributed by atoms with van der Waals surface area (Å²) in [5.74, 6) is -0.415. The SMILES string of the molecule is CCCNC(=O)CCc1c(C)c2c(C)nn(-c3cccc(F)c3)c2n(CC)c1=O. The summed E-state index contributed by atoms with van der Waals surface area (Å²) in [6.07, 6.45) is 1.51. The summed E-state index contributed by atoms with van der Waals surface area (Å²) in [7, 11) is 0. The summed E-state index contributed by atoms with van der Waals surface area (Å²) < 4.78 is 17.1. The number of nitrogens with zero attached hydrogens (tertiary/aromatic N) is 3. The highest BCUT2D eigenvalue weighted by Crippen LogP contribution is 2.26. The zero-order valence-electron chi connectivity index (χ0n) is 17.4. The minimum Gasteiger partial charge on any atom is -0.356 e. The van der Waals surface area contributed by atoms with Crippen molar-refractivity contribution < 1.29 is 9.18 Å². The van der Waals surface area contributed by atoms with Crippen molar-refractivity contribution in [2.45, 2.75) is 53.5 Å². The quantitative estimate of drug-likeness (QED) is 0.663. The van der Waals surface area contributed by atoms with Gasteiger partial charge in [0.2, 0.25) is 5.91 Å². The molecule has 0 fully saturated rings. The lowest BCUT2D eigenvalue weighted by Crippen LogP contribution is -2.29. The zero-order valence-corrected chi connectivity index (χ0v) is 17.4. The number of carbonyl (C=O) groups excluding carboxylic acids is 1. The second kappa shape index (κ2) is 8.59. The van der Waals surface area contributed by atoms with E-state index in [2.05, 4.69) is 10.4 Å². The van der Waals surface area contributed by atoms with Crippen LogP contribution in [0.3, 0.4) is 0 Å². The Labute approximate surface area is 169 Å². The highest BCUT2D eigenvalue weighted by molar-refractivity contribution is 5.85. The molecule has 2 aromatic heterocycles. The summed E-state index contributed by atoms with van der Waals surface area (Å²) in [6.45, 7) is 8.76. The molecule has 1 N–H and O–H groups in total. The van der Waals surface area contributed by atoms with Gasteiger partial charge in [0.1, 0.15) is 11.5 Å². The van der Waals surface area contributed by atoms with Crippen molar-refractivity contribution in [3.63, 3.8) is 0 Å². The average molecular weight is 398 g/mol. The first-order valence-electron chi connectivity index (χ1n) is 10.0. The van der Waals surface area contributed by atoms with Crippen LogP contribution in [0, 0.1) is 19.7 Å². The van der Waals surface area contributed by atoms with Crippen molar-refractivity contribution in [2.24, 2.45) is 0 Å². The number of pyridine rings is 1. The molecule has 6 nitrogen and oxygen atoms in total.